The van der Waals surface area contributed by atoms with Gasteiger partial charge in [-0.25, -0.2) is 0 Å². The predicted molar refractivity (Wildman–Crippen MR) is 74.5 cm³/mol. The molecular weight excluding hydrogens is 286 g/mol. The topological polar surface area (TPSA) is 87.7 Å². The molecule has 7 nitrogen and oxygen atoms in total. The Morgan fingerprint density at radius 1 is 0.864 bits per heavy atom. The molecule has 3 rings (SSSR count). The number of carbonyl (C=O) groups excluding carboxylic acids is 4. The third-order valence-electron chi connectivity index (χ3n) is 4.27. The Morgan fingerprint density at radius 2 is 1.27 bits per heavy atom. The summed E-state index contributed by atoms with van der Waals surface area (Å²) < 4.78 is 0. The van der Waals surface area contributed by atoms with Crippen LogP contribution in [0.5, 0.6) is 0 Å². The zero-order valence-electron chi connectivity index (χ0n) is 12.3. The molecule has 1 aromatic heterocycles. The van der Waals surface area contributed by atoms with Gasteiger partial charge in [-0.2, -0.15) is 0 Å². The van der Waals surface area contributed by atoms with Crippen LogP contribution in [-0.4, -0.2) is 52.5 Å². The van der Waals surface area contributed by atoms with Crippen LogP contribution in [0.3, 0.4) is 0 Å². The van der Waals surface area contributed by atoms with E-state index in [1.807, 2.05) is 0 Å². The summed E-state index contributed by atoms with van der Waals surface area (Å²) in [6.45, 7) is 0. The molecule has 7 heteroatoms. The number of carbonyl (C=O) groups is 4. The van der Waals surface area contributed by atoms with Crippen molar-refractivity contribution in [3.05, 3.63) is 29.6 Å². The average Bonchev–Trinajstić information content (AvgIpc) is 2.92. The minimum absolute atomic E-state index is 0.0865. The number of likely N-dealkylation sites (tertiary alicyclic amines) is 2. The molecule has 2 fully saturated rings. The van der Waals surface area contributed by atoms with Crippen LogP contribution < -0.4 is 0 Å². The molecule has 22 heavy (non-hydrogen) atoms. The van der Waals surface area contributed by atoms with Gasteiger partial charge in [0.2, 0.25) is 23.6 Å². The van der Waals surface area contributed by atoms with E-state index >= 15 is 0 Å². The number of hydrogen-bond donors (Lipinski definition) is 0. The largest absolute Gasteiger partial charge is 0.285 e. The number of nitrogens with zero attached hydrogens (tertiary/aromatic N) is 3. The van der Waals surface area contributed by atoms with E-state index in [1.54, 1.807) is 18.2 Å². The standard InChI is InChI=1S/C15H15N3O4/c1-17-12(19)6-8(14(17)21)10-4-3-5-11(16-10)9-7-13(20)18(2)15(9)22/h3-5,8-9H,6-7H2,1-2H3/t8-,9-/m1/s1. The summed E-state index contributed by atoms with van der Waals surface area (Å²) in [6, 6.07) is 5.04. The quantitative estimate of drug-likeness (QED) is 0.719. The number of pyridine rings is 1. The summed E-state index contributed by atoms with van der Waals surface area (Å²) in [5, 5.41) is 0. The van der Waals surface area contributed by atoms with E-state index < -0.39 is 11.8 Å². The molecule has 0 radical (unpaired) electrons. The van der Waals surface area contributed by atoms with Gasteiger partial charge >= 0.3 is 0 Å². The van der Waals surface area contributed by atoms with E-state index in [1.165, 1.54) is 14.1 Å². The fourth-order valence-electron chi connectivity index (χ4n) is 2.83. The van der Waals surface area contributed by atoms with Crippen LogP contribution in [0.15, 0.2) is 18.2 Å². The van der Waals surface area contributed by atoms with Crippen molar-refractivity contribution < 1.29 is 19.2 Å². The van der Waals surface area contributed by atoms with Gasteiger partial charge in [0.1, 0.15) is 0 Å². The number of imide groups is 2. The van der Waals surface area contributed by atoms with Gasteiger partial charge in [-0.3, -0.25) is 34.0 Å². The van der Waals surface area contributed by atoms with Crippen molar-refractivity contribution in [2.45, 2.75) is 24.7 Å². The monoisotopic (exact) mass is 301 g/mol. The highest BCUT2D eigenvalue weighted by Crippen LogP contribution is 2.31. The molecule has 114 valence electrons. The number of rotatable bonds is 2. The highest BCUT2D eigenvalue weighted by molar-refractivity contribution is 6.06. The highest BCUT2D eigenvalue weighted by atomic mass is 16.2. The summed E-state index contributed by atoms with van der Waals surface area (Å²) in [7, 11) is 2.89. The Balaban J connectivity index is 1.91. The fourth-order valence-corrected chi connectivity index (χ4v) is 2.83. The molecule has 0 aliphatic carbocycles. The van der Waals surface area contributed by atoms with Crippen molar-refractivity contribution in [1.82, 2.24) is 14.8 Å². The third-order valence-corrected chi connectivity index (χ3v) is 4.27. The first-order chi connectivity index (χ1) is 10.4. The first kappa shape index (κ1) is 14.4. The summed E-state index contributed by atoms with van der Waals surface area (Å²) in [5.74, 6) is -2.28. The molecule has 0 N–H and O–H groups in total. The Morgan fingerprint density at radius 3 is 1.59 bits per heavy atom. The lowest BCUT2D eigenvalue weighted by Crippen LogP contribution is -2.26. The maximum absolute atomic E-state index is 12.1. The van der Waals surface area contributed by atoms with Crippen molar-refractivity contribution in [2.24, 2.45) is 0 Å². The molecule has 0 bridgehead atoms. The van der Waals surface area contributed by atoms with Gasteiger partial charge in [-0.15, -0.1) is 0 Å². The maximum Gasteiger partial charge on any atom is 0.238 e. The summed E-state index contributed by atoms with van der Waals surface area (Å²) >= 11 is 0. The van der Waals surface area contributed by atoms with Crippen LogP contribution in [0.25, 0.3) is 0 Å². The second kappa shape index (κ2) is 5.01. The molecule has 0 spiro atoms. The molecule has 2 aliphatic heterocycles. The molecule has 0 saturated carbocycles. The van der Waals surface area contributed by atoms with Gasteiger partial charge in [-0.05, 0) is 12.1 Å². The Labute approximate surface area is 126 Å². The maximum atomic E-state index is 12.1. The van der Waals surface area contributed by atoms with Crippen LogP contribution in [0.1, 0.15) is 36.1 Å². The van der Waals surface area contributed by atoms with E-state index in [9.17, 15) is 19.2 Å². The number of aromatic nitrogens is 1. The van der Waals surface area contributed by atoms with Crippen LogP contribution in [0.2, 0.25) is 0 Å². The molecule has 0 aromatic carbocycles. The SMILES string of the molecule is CN1C(=O)C[C@H](c2cccc([C@H]3CC(=O)N(C)C3=O)n2)C1=O. The second-order valence-electron chi connectivity index (χ2n) is 5.58. The van der Waals surface area contributed by atoms with Crippen molar-refractivity contribution in [3.63, 3.8) is 0 Å². The Bertz CT molecular complexity index is 645. The molecule has 0 unspecified atom stereocenters. The van der Waals surface area contributed by atoms with Crippen molar-refractivity contribution >= 4 is 23.6 Å². The second-order valence-corrected chi connectivity index (χ2v) is 5.58. The lowest BCUT2D eigenvalue weighted by Gasteiger charge is -2.12. The van der Waals surface area contributed by atoms with Crippen molar-refractivity contribution in [2.75, 3.05) is 14.1 Å². The lowest BCUT2D eigenvalue weighted by atomic mass is 9.99. The van der Waals surface area contributed by atoms with E-state index in [0.29, 0.717) is 11.4 Å². The number of likely N-dealkylation sites (N-methyl/N-ethyl adjacent to an activating group) is 2. The molecule has 2 saturated heterocycles. The lowest BCUT2D eigenvalue weighted by molar-refractivity contribution is -0.138. The Kier molecular flexibility index (Phi) is 3.27. The van der Waals surface area contributed by atoms with E-state index in [2.05, 4.69) is 4.98 Å². The van der Waals surface area contributed by atoms with Crippen LogP contribution in [0.4, 0.5) is 0 Å². The summed E-state index contributed by atoms with van der Waals surface area (Å²) in [6.07, 6.45) is 0.173. The first-order valence-corrected chi connectivity index (χ1v) is 6.97. The number of amides is 4. The fraction of sp³-hybridized carbons (Fsp3) is 0.400. The number of hydrogen-bond acceptors (Lipinski definition) is 5. The van der Waals surface area contributed by atoms with E-state index in [-0.39, 0.29) is 36.5 Å². The predicted octanol–water partition coefficient (Wildman–Crippen LogP) is 0.0262. The molecule has 1 aromatic rings. The first-order valence-electron chi connectivity index (χ1n) is 6.97. The smallest absolute Gasteiger partial charge is 0.238 e. The van der Waals surface area contributed by atoms with Crippen LogP contribution >= 0.6 is 0 Å². The third kappa shape index (κ3) is 2.09. The zero-order chi connectivity index (χ0) is 16.0. The van der Waals surface area contributed by atoms with E-state index in [0.717, 1.165) is 9.80 Å². The molecule has 4 amide bonds. The van der Waals surface area contributed by atoms with Gasteiger partial charge in [-0.1, -0.05) is 6.07 Å². The van der Waals surface area contributed by atoms with E-state index in [4.69, 9.17) is 0 Å². The molecule has 2 atom stereocenters. The minimum Gasteiger partial charge on any atom is -0.285 e. The van der Waals surface area contributed by atoms with Gasteiger partial charge in [0, 0.05) is 26.9 Å². The summed E-state index contributed by atoms with van der Waals surface area (Å²) in [5.41, 5.74) is 0.935. The zero-order valence-corrected chi connectivity index (χ0v) is 12.3. The van der Waals surface area contributed by atoms with Gasteiger partial charge in [0.25, 0.3) is 0 Å². The van der Waals surface area contributed by atoms with Gasteiger partial charge in [0.05, 0.1) is 23.2 Å². The normalized spacial score (nSPS) is 25.5. The Hall–Kier alpha value is -2.57. The molecule has 2 aliphatic rings. The van der Waals surface area contributed by atoms with Gasteiger partial charge in [0.15, 0.2) is 0 Å². The van der Waals surface area contributed by atoms with Crippen LogP contribution in [-0.2, 0) is 19.2 Å². The van der Waals surface area contributed by atoms with Crippen molar-refractivity contribution in [3.8, 4) is 0 Å². The minimum atomic E-state index is -0.609. The summed E-state index contributed by atoms with van der Waals surface area (Å²) in [4.78, 5) is 53.9. The van der Waals surface area contributed by atoms with Gasteiger partial charge < -0.3 is 0 Å². The van der Waals surface area contributed by atoms with Crippen LogP contribution in [0, 0.1) is 0 Å². The molecule has 3 heterocycles. The average molecular weight is 301 g/mol. The van der Waals surface area contributed by atoms with Crippen molar-refractivity contribution in [1.29, 1.82) is 0 Å². The highest BCUT2D eigenvalue weighted by Gasteiger charge is 2.40. The molecular formula is C15H15N3O4.